The van der Waals surface area contributed by atoms with Crippen molar-refractivity contribution in [3.05, 3.63) is 32.6 Å². The lowest BCUT2D eigenvalue weighted by Gasteiger charge is -2.21. The molecular formula is C15H24N5O6+. The minimum Gasteiger partial charge on any atom is -0.394 e. The van der Waals surface area contributed by atoms with Gasteiger partial charge < -0.3 is 19.4 Å². The lowest BCUT2D eigenvalue weighted by atomic mass is 10.2. The Morgan fingerprint density at radius 1 is 1.50 bits per heavy atom. The Labute approximate surface area is 149 Å². The van der Waals surface area contributed by atoms with Gasteiger partial charge in [0.2, 0.25) is 0 Å². The predicted octanol–water partition coefficient (Wildman–Crippen LogP) is -2.67. The molecule has 0 aromatic carbocycles. The standard InChI is InChI=1S/C15H23N5O6/c1-20(2,3)7-12(23)18-16-5-9-6-19(15(25)17-14(9)24)13-4-10(22)11(8-21)26-13/h5-6,10-11,13,21-22H,4,7-8H2,1-3H3,(H-,17,18,23,24,25)/p+1/b16-5-. The number of nitrogens with one attached hydrogen (secondary N) is 2. The largest absolute Gasteiger partial charge is 0.394 e. The van der Waals surface area contributed by atoms with Gasteiger partial charge in [0, 0.05) is 12.6 Å². The third-order valence-corrected chi connectivity index (χ3v) is 3.70. The number of aliphatic hydroxyl groups excluding tert-OH is 2. The van der Waals surface area contributed by atoms with Crippen LogP contribution < -0.4 is 16.7 Å². The smallest absolute Gasteiger partial charge is 0.330 e. The molecule has 3 atom stereocenters. The van der Waals surface area contributed by atoms with Gasteiger partial charge in [-0.15, -0.1) is 0 Å². The Morgan fingerprint density at radius 3 is 2.77 bits per heavy atom. The van der Waals surface area contributed by atoms with Gasteiger partial charge in [-0.1, -0.05) is 0 Å². The number of likely N-dealkylation sites (N-methyl/N-ethyl adjacent to an activating group) is 1. The average Bonchev–Trinajstić information content (AvgIpc) is 2.88. The van der Waals surface area contributed by atoms with Crippen LogP contribution in [0.3, 0.4) is 0 Å². The summed E-state index contributed by atoms with van der Waals surface area (Å²) in [5.74, 6) is -0.327. The van der Waals surface area contributed by atoms with Gasteiger partial charge in [0.05, 0.1) is 45.6 Å². The van der Waals surface area contributed by atoms with E-state index >= 15 is 0 Å². The molecule has 1 saturated heterocycles. The number of carbonyl (C=O) groups excluding carboxylic acids is 1. The Bertz CT molecular complexity index is 793. The monoisotopic (exact) mass is 370 g/mol. The van der Waals surface area contributed by atoms with Crippen LogP contribution >= 0.6 is 0 Å². The zero-order chi connectivity index (χ0) is 19.5. The maximum Gasteiger partial charge on any atom is 0.330 e. The molecule has 0 aliphatic carbocycles. The van der Waals surface area contributed by atoms with Gasteiger partial charge >= 0.3 is 5.69 Å². The van der Waals surface area contributed by atoms with Gasteiger partial charge in [-0.2, -0.15) is 5.10 Å². The second-order valence-electron chi connectivity index (χ2n) is 7.11. The Balaban J connectivity index is 2.15. The minimum absolute atomic E-state index is 0.0284. The summed E-state index contributed by atoms with van der Waals surface area (Å²) >= 11 is 0. The summed E-state index contributed by atoms with van der Waals surface area (Å²) in [6.07, 6.45) is -0.105. The number of hydrogen-bond donors (Lipinski definition) is 4. The van der Waals surface area contributed by atoms with E-state index in [2.05, 4.69) is 15.5 Å². The Morgan fingerprint density at radius 2 is 2.19 bits per heavy atom. The van der Waals surface area contributed by atoms with E-state index in [9.17, 15) is 19.5 Å². The zero-order valence-electron chi connectivity index (χ0n) is 14.9. The van der Waals surface area contributed by atoms with Crippen molar-refractivity contribution in [3.8, 4) is 0 Å². The van der Waals surface area contributed by atoms with Gasteiger partial charge in [0.1, 0.15) is 12.3 Å². The first-order valence-corrected chi connectivity index (χ1v) is 8.03. The topological polar surface area (TPSA) is 146 Å². The van der Waals surface area contributed by atoms with E-state index in [1.807, 2.05) is 21.1 Å². The summed E-state index contributed by atoms with van der Waals surface area (Å²) < 4.78 is 6.93. The van der Waals surface area contributed by atoms with Crippen molar-refractivity contribution in [2.75, 3.05) is 34.3 Å². The number of H-pyrrole nitrogens is 1. The van der Waals surface area contributed by atoms with E-state index in [0.29, 0.717) is 4.48 Å². The fraction of sp³-hybridized carbons (Fsp3) is 0.600. The molecule has 1 amide bonds. The second kappa shape index (κ2) is 7.91. The van der Waals surface area contributed by atoms with E-state index < -0.39 is 29.7 Å². The quantitative estimate of drug-likeness (QED) is 0.244. The number of carbonyl (C=O) groups is 1. The number of aliphatic hydroxyl groups is 2. The van der Waals surface area contributed by atoms with Gasteiger partial charge in [-0.25, -0.2) is 10.2 Å². The highest BCUT2D eigenvalue weighted by atomic mass is 16.5. The van der Waals surface area contributed by atoms with Crippen LogP contribution in [-0.2, 0) is 9.53 Å². The molecule has 11 heteroatoms. The van der Waals surface area contributed by atoms with Crippen molar-refractivity contribution in [3.63, 3.8) is 0 Å². The number of quaternary nitrogens is 1. The number of rotatable bonds is 6. The highest BCUT2D eigenvalue weighted by molar-refractivity contribution is 5.82. The first-order valence-electron chi connectivity index (χ1n) is 8.03. The van der Waals surface area contributed by atoms with Crippen LogP contribution in [-0.4, -0.2) is 82.9 Å². The van der Waals surface area contributed by atoms with Crippen LogP contribution in [0.25, 0.3) is 0 Å². The van der Waals surface area contributed by atoms with Crippen LogP contribution in [0.2, 0.25) is 0 Å². The summed E-state index contributed by atoms with van der Waals surface area (Å²) in [5.41, 5.74) is 0.956. The molecule has 1 aromatic heterocycles. The first-order chi connectivity index (χ1) is 12.1. The summed E-state index contributed by atoms with van der Waals surface area (Å²) in [5, 5.41) is 22.6. The summed E-state index contributed by atoms with van der Waals surface area (Å²) in [6.45, 7) is -0.189. The van der Waals surface area contributed by atoms with Gasteiger partial charge in [-0.3, -0.25) is 19.1 Å². The lowest BCUT2D eigenvalue weighted by molar-refractivity contribution is -0.862. The van der Waals surface area contributed by atoms with Crippen molar-refractivity contribution in [2.24, 2.45) is 5.10 Å². The third kappa shape index (κ3) is 5.08. The highest BCUT2D eigenvalue weighted by Gasteiger charge is 2.35. The molecule has 1 aliphatic rings. The minimum atomic E-state index is -0.921. The number of aromatic amines is 1. The highest BCUT2D eigenvalue weighted by Crippen LogP contribution is 2.27. The first kappa shape index (κ1) is 20.0. The normalized spacial score (nSPS) is 23.5. The van der Waals surface area contributed by atoms with Gasteiger partial charge in [0.15, 0.2) is 6.54 Å². The van der Waals surface area contributed by atoms with Gasteiger partial charge in [0.25, 0.3) is 11.5 Å². The van der Waals surface area contributed by atoms with Crippen molar-refractivity contribution < 1.29 is 24.2 Å². The average molecular weight is 370 g/mol. The van der Waals surface area contributed by atoms with E-state index in [-0.39, 0.29) is 31.0 Å². The lowest BCUT2D eigenvalue weighted by Crippen LogP contribution is -2.43. The van der Waals surface area contributed by atoms with Crippen LogP contribution in [0.5, 0.6) is 0 Å². The fourth-order valence-electron chi connectivity index (χ4n) is 2.50. The summed E-state index contributed by atoms with van der Waals surface area (Å²) in [4.78, 5) is 37.7. The summed E-state index contributed by atoms with van der Waals surface area (Å²) in [6, 6.07) is 0. The fourth-order valence-corrected chi connectivity index (χ4v) is 2.50. The maximum atomic E-state index is 12.0. The second-order valence-corrected chi connectivity index (χ2v) is 7.11. The molecule has 4 N–H and O–H groups in total. The molecule has 0 radical (unpaired) electrons. The van der Waals surface area contributed by atoms with Crippen molar-refractivity contribution >= 4 is 12.1 Å². The number of ether oxygens (including phenoxy) is 1. The van der Waals surface area contributed by atoms with Crippen LogP contribution in [0.1, 0.15) is 18.2 Å². The van der Waals surface area contributed by atoms with Crippen LogP contribution in [0, 0.1) is 0 Å². The third-order valence-electron chi connectivity index (χ3n) is 3.70. The van der Waals surface area contributed by atoms with Crippen molar-refractivity contribution in [1.29, 1.82) is 0 Å². The van der Waals surface area contributed by atoms with Gasteiger partial charge in [-0.05, 0) is 0 Å². The number of amides is 1. The molecule has 1 fully saturated rings. The molecule has 1 aliphatic heterocycles. The molecule has 3 unspecified atom stereocenters. The summed E-state index contributed by atoms with van der Waals surface area (Å²) in [7, 11) is 5.54. The van der Waals surface area contributed by atoms with Crippen molar-refractivity contribution in [2.45, 2.75) is 24.9 Å². The Hall–Kier alpha value is -2.34. The molecule has 0 saturated carbocycles. The molecule has 1 aromatic rings. The predicted molar refractivity (Wildman–Crippen MR) is 91.6 cm³/mol. The van der Waals surface area contributed by atoms with E-state index in [1.54, 1.807) is 0 Å². The number of hydrazone groups is 1. The molecule has 2 heterocycles. The maximum absolute atomic E-state index is 12.0. The molecule has 144 valence electrons. The van der Waals surface area contributed by atoms with E-state index in [0.717, 1.165) is 10.8 Å². The molecule has 26 heavy (non-hydrogen) atoms. The molecular weight excluding hydrogens is 346 g/mol. The molecule has 0 spiro atoms. The van der Waals surface area contributed by atoms with E-state index in [1.165, 1.54) is 6.20 Å². The van der Waals surface area contributed by atoms with Crippen LogP contribution in [0.4, 0.5) is 0 Å². The number of hydrogen-bond acceptors (Lipinski definition) is 7. The number of aromatic nitrogens is 2. The van der Waals surface area contributed by atoms with E-state index in [4.69, 9.17) is 9.84 Å². The van der Waals surface area contributed by atoms with Crippen molar-refractivity contribution in [1.82, 2.24) is 15.0 Å². The van der Waals surface area contributed by atoms with Crippen LogP contribution in [0.15, 0.2) is 20.9 Å². The SMILES string of the molecule is C[N+](C)(C)CC(=O)N/N=C\c1cn(C2CC(O)C(CO)O2)c(=O)[nH]c1=O. The Kier molecular flexibility index (Phi) is 6.08. The molecule has 0 bridgehead atoms. The molecule has 2 rings (SSSR count). The zero-order valence-corrected chi connectivity index (χ0v) is 14.9. The number of nitrogens with zero attached hydrogens (tertiary/aromatic N) is 3. The molecule has 11 nitrogen and oxygen atoms in total.